The Bertz CT molecular complexity index is 1240. The molecule has 0 aliphatic heterocycles. The van der Waals surface area contributed by atoms with Crippen LogP contribution in [0.3, 0.4) is 0 Å². The molecule has 12 heteroatoms. The second-order valence-electron chi connectivity index (χ2n) is 7.21. The molecule has 35 heavy (non-hydrogen) atoms. The molecule has 0 bridgehead atoms. The Balaban J connectivity index is 1.89. The van der Waals surface area contributed by atoms with E-state index in [2.05, 4.69) is 20.4 Å². The number of rotatable bonds is 8. The molecule has 0 aliphatic carbocycles. The van der Waals surface area contributed by atoms with Crippen LogP contribution >= 0.6 is 11.3 Å². The average molecular weight is 509 g/mol. The lowest BCUT2D eigenvalue weighted by molar-refractivity contribution is -0.274. The van der Waals surface area contributed by atoms with Gasteiger partial charge in [0.25, 0.3) is 0 Å². The number of thiazole rings is 1. The van der Waals surface area contributed by atoms with Crippen molar-refractivity contribution >= 4 is 29.0 Å². The smallest absolute Gasteiger partial charge is 0.495 e. The van der Waals surface area contributed by atoms with Gasteiger partial charge in [-0.2, -0.15) is 4.99 Å². The van der Waals surface area contributed by atoms with E-state index in [1.807, 2.05) is 0 Å². The van der Waals surface area contributed by atoms with E-state index in [9.17, 15) is 22.8 Å². The summed E-state index contributed by atoms with van der Waals surface area (Å²) in [6.45, 7) is 2.22. The van der Waals surface area contributed by atoms with Crippen LogP contribution < -0.4 is 24.9 Å². The first-order valence-corrected chi connectivity index (χ1v) is 11.3. The largest absolute Gasteiger partial charge is 0.573 e. The third kappa shape index (κ3) is 7.60. The number of amides is 3. The van der Waals surface area contributed by atoms with Gasteiger partial charge in [-0.25, -0.2) is 4.79 Å². The zero-order valence-corrected chi connectivity index (χ0v) is 19.7. The average Bonchev–Trinajstić information content (AvgIpc) is 3.18. The van der Waals surface area contributed by atoms with Gasteiger partial charge in [0.2, 0.25) is 5.91 Å². The van der Waals surface area contributed by atoms with Gasteiger partial charge in [0.15, 0.2) is 4.80 Å². The highest BCUT2D eigenvalue weighted by Gasteiger charge is 2.31. The van der Waals surface area contributed by atoms with Crippen molar-refractivity contribution in [3.8, 4) is 22.8 Å². The highest BCUT2D eigenvalue weighted by Crippen LogP contribution is 2.27. The highest BCUT2D eigenvalue weighted by molar-refractivity contribution is 7.07. The maximum Gasteiger partial charge on any atom is 0.573 e. The number of ether oxygens (including phenoxy) is 2. The number of halogens is 3. The quantitative estimate of drug-likeness (QED) is 0.428. The van der Waals surface area contributed by atoms with Gasteiger partial charge in [-0.3, -0.25) is 4.79 Å². The zero-order chi connectivity index (χ0) is 25.4. The topological polar surface area (TPSA) is 93.9 Å². The number of anilines is 1. The van der Waals surface area contributed by atoms with Crippen LogP contribution in [0.15, 0.2) is 58.9 Å². The Morgan fingerprint density at radius 3 is 2.49 bits per heavy atom. The zero-order valence-electron chi connectivity index (χ0n) is 18.9. The number of aromatic nitrogens is 1. The molecule has 1 aromatic heterocycles. The number of methoxy groups -OCH3 is 1. The van der Waals surface area contributed by atoms with Crippen LogP contribution in [0.4, 0.5) is 23.7 Å². The number of nitrogens with zero attached hydrogens (tertiary/aromatic N) is 2. The maximum absolute atomic E-state index is 12.6. The Hall–Kier alpha value is -3.80. The van der Waals surface area contributed by atoms with E-state index in [1.54, 1.807) is 34.2 Å². The van der Waals surface area contributed by atoms with E-state index in [4.69, 9.17) is 4.74 Å². The molecule has 3 amide bonds. The first-order chi connectivity index (χ1) is 16.7. The normalized spacial score (nSPS) is 11.7. The summed E-state index contributed by atoms with van der Waals surface area (Å²) in [5.41, 5.74) is 1.72. The van der Waals surface area contributed by atoms with Crippen molar-refractivity contribution in [3.63, 3.8) is 0 Å². The summed E-state index contributed by atoms with van der Waals surface area (Å²) in [5.74, 6) is -0.0241. The third-order valence-corrected chi connectivity index (χ3v) is 5.52. The molecule has 2 N–H and O–H groups in total. The van der Waals surface area contributed by atoms with Crippen LogP contribution in [0.2, 0.25) is 0 Å². The molecule has 0 unspecified atom stereocenters. The monoisotopic (exact) mass is 508 g/mol. The lowest BCUT2D eigenvalue weighted by Gasteiger charge is -2.12. The van der Waals surface area contributed by atoms with Gasteiger partial charge in [-0.1, -0.05) is 12.1 Å². The number of hydrogen-bond acceptors (Lipinski definition) is 5. The van der Waals surface area contributed by atoms with Gasteiger partial charge in [-0.05, 0) is 48.4 Å². The second-order valence-corrected chi connectivity index (χ2v) is 8.04. The molecule has 0 fully saturated rings. The predicted octanol–water partition coefficient (Wildman–Crippen LogP) is 4.78. The first-order valence-electron chi connectivity index (χ1n) is 10.4. The fourth-order valence-corrected chi connectivity index (χ4v) is 4.11. The summed E-state index contributed by atoms with van der Waals surface area (Å²) in [7, 11) is 1.49. The summed E-state index contributed by atoms with van der Waals surface area (Å²) in [6, 6.07) is 11.7. The van der Waals surface area contributed by atoms with Crippen LogP contribution in [-0.4, -0.2) is 36.5 Å². The molecule has 3 rings (SSSR count). The number of urea groups is 1. The van der Waals surface area contributed by atoms with Gasteiger partial charge < -0.3 is 24.7 Å². The fourth-order valence-electron chi connectivity index (χ4n) is 3.17. The maximum atomic E-state index is 12.6. The molecular formula is C23H23F3N4O4S. The van der Waals surface area contributed by atoms with E-state index < -0.39 is 12.4 Å². The SMILES string of the molecule is COc1ccccc1NC(=O)/N=c1\scc(-c2ccc(OC(F)(F)F)cc2)n1CCCNC(C)=O. The Morgan fingerprint density at radius 1 is 1.11 bits per heavy atom. The first kappa shape index (κ1) is 25.8. The van der Waals surface area contributed by atoms with Crippen molar-refractivity contribution in [2.45, 2.75) is 26.3 Å². The Kier molecular flexibility index (Phi) is 8.53. The number of hydrogen-bond donors (Lipinski definition) is 2. The minimum atomic E-state index is -4.78. The Morgan fingerprint density at radius 2 is 1.83 bits per heavy atom. The van der Waals surface area contributed by atoms with Crippen LogP contribution in [0.25, 0.3) is 11.3 Å². The minimum Gasteiger partial charge on any atom is -0.495 e. The summed E-state index contributed by atoms with van der Waals surface area (Å²) < 4.78 is 48.4. The molecule has 0 saturated carbocycles. The molecular weight excluding hydrogens is 485 g/mol. The van der Waals surface area contributed by atoms with E-state index in [1.165, 1.54) is 49.6 Å². The van der Waals surface area contributed by atoms with E-state index >= 15 is 0 Å². The van der Waals surface area contributed by atoms with Gasteiger partial charge >= 0.3 is 12.4 Å². The van der Waals surface area contributed by atoms with Gasteiger partial charge in [0, 0.05) is 25.4 Å². The van der Waals surface area contributed by atoms with E-state index in [0.29, 0.717) is 47.0 Å². The Labute approximate surface area is 203 Å². The van der Waals surface area contributed by atoms with Gasteiger partial charge in [0.1, 0.15) is 11.5 Å². The van der Waals surface area contributed by atoms with E-state index in [-0.39, 0.29) is 11.7 Å². The molecule has 0 saturated heterocycles. The molecule has 1 heterocycles. The summed E-state index contributed by atoms with van der Waals surface area (Å²) in [6.07, 6.45) is -4.24. The lowest BCUT2D eigenvalue weighted by Crippen LogP contribution is -2.25. The van der Waals surface area contributed by atoms with Crippen molar-refractivity contribution in [2.75, 3.05) is 19.0 Å². The summed E-state index contributed by atoms with van der Waals surface area (Å²) in [4.78, 5) is 28.3. The molecule has 3 aromatic rings. The van der Waals surface area contributed by atoms with Crippen LogP contribution in [0.1, 0.15) is 13.3 Å². The molecule has 2 aromatic carbocycles. The predicted molar refractivity (Wildman–Crippen MR) is 125 cm³/mol. The van der Waals surface area contributed by atoms with Crippen molar-refractivity contribution in [2.24, 2.45) is 4.99 Å². The molecule has 0 radical (unpaired) electrons. The molecule has 186 valence electrons. The third-order valence-electron chi connectivity index (χ3n) is 4.66. The van der Waals surface area contributed by atoms with Crippen molar-refractivity contribution in [3.05, 3.63) is 58.7 Å². The molecule has 0 atom stereocenters. The number of carbonyl (C=O) groups excluding carboxylic acids is 2. The molecule has 0 aliphatic rings. The second kappa shape index (κ2) is 11.6. The summed E-state index contributed by atoms with van der Waals surface area (Å²) in [5, 5.41) is 7.14. The standard InChI is InChI=1S/C23H23F3N4O4S/c1-15(31)27-12-5-13-30-19(16-8-10-17(11-9-16)34-23(24,25)26)14-35-22(30)29-21(32)28-18-6-3-4-7-20(18)33-2/h3-4,6-11,14H,5,12-13H2,1-2H3,(H,27,31)(H,28,32)/b29-22-. The lowest BCUT2D eigenvalue weighted by atomic mass is 10.1. The van der Waals surface area contributed by atoms with Crippen molar-refractivity contribution in [1.29, 1.82) is 0 Å². The number of para-hydroxylation sites is 2. The number of benzene rings is 2. The van der Waals surface area contributed by atoms with Gasteiger partial charge in [0.05, 0.1) is 18.5 Å². The van der Waals surface area contributed by atoms with Crippen LogP contribution in [-0.2, 0) is 11.3 Å². The molecule has 0 spiro atoms. The van der Waals surface area contributed by atoms with Crippen LogP contribution in [0, 0.1) is 0 Å². The summed E-state index contributed by atoms with van der Waals surface area (Å²) >= 11 is 1.20. The van der Waals surface area contributed by atoms with Crippen LogP contribution in [0.5, 0.6) is 11.5 Å². The highest BCUT2D eigenvalue weighted by atomic mass is 32.1. The van der Waals surface area contributed by atoms with Crippen molar-refractivity contribution in [1.82, 2.24) is 9.88 Å². The van der Waals surface area contributed by atoms with Gasteiger partial charge in [-0.15, -0.1) is 24.5 Å². The van der Waals surface area contributed by atoms with E-state index in [0.717, 1.165) is 0 Å². The molecule has 8 nitrogen and oxygen atoms in total. The fraction of sp³-hybridized carbons (Fsp3) is 0.261. The minimum absolute atomic E-state index is 0.165. The number of alkyl halides is 3. The number of nitrogens with one attached hydrogen (secondary N) is 2. The van der Waals surface area contributed by atoms with Crippen molar-refractivity contribution < 1.29 is 32.2 Å². The number of carbonyl (C=O) groups is 2.